The number of benzene rings is 1. The number of ether oxygens (including phenoxy) is 2. The van der Waals surface area contributed by atoms with Gasteiger partial charge in [0.25, 0.3) is 5.89 Å². The van der Waals surface area contributed by atoms with E-state index >= 15 is 0 Å². The lowest BCUT2D eigenvalue weighted by Crippen LogP contribution is -2.06. The van der Waals surface area contributed by atoms with Gasteiger partial charge in [-0.25, -0.2) is 0 Å². The summed E-state index contributed by atoms with van der Waals surface area (Å²) in [4.78, 5) is 4.08. The van der Waals surface area contributed by atoms with Gasteiger partial charge < -0.3 is 19.3 Å². The third-order valence-corrected chi connectivity index (χ3v) is 2.53. The summed E-state index contributed by atoms with van der Waals surface area (Å²) in [5.41, 5.74) is 1.11. The van der Waals surface area contributed by atoms with Crippen molar-refractivity contribution in [3.63, 3.8) is 0 Å². The van der Waals surface area contributed by atoms with Gasteiger partial charge in [-0.05, 0) is 31.7 Å². The van der Waals surface area contributed by atoms with Gasteiger partial charge >= 0.3 is 0 Å². The molecule has 0 saturated heterocycles. The Kier molecular flexibility index (Phi) is 4.35. The molecule has 6 nitrogen and oxygen atoms in total. The van der Waals surface area contributed by atoms with Gasteiger partial charge in [0, 0.05) is 6.54 Å². The van der Waals surface area contributed by atoms with E-state index in [4.69, 9.17) is 14.0 Å². The second-order valence-corrected chi connectivity index (χ2v) is 4.04. The van der Waals surface area contributed by atoms with Crippen molar-refractivity contribution >= 4 is 0 Å². The Morgan fingerprint density at radius 3 is 2.79 bits per heavy atom. The summed E-state index contributed by atoms with van der Waals surface area (Å²) >= 11 is 0. The molecule has 0 spiro atoms. The highest BCUT2D eigenvalue weighted by atomic mass is 16.5. The third-order valence-electron chi connectivity index (χ3n) is 2.53. The first kappa shape index (κ1) is 13.4. The summed E-state index contributed by atoms with van der Waals surface area (Å²) < 4.78 is 15.9. The van der Waals surface area contributed by atoms with Crippen LogP contribution in [0.3, 0.4) is 0 Å². The number of hydrogen-bond donors (Lipinski definition) is 1. The smallest absolute Gasteiger partial charge is 0.264 e. The predicted molar refractivity (Wildman–Crippen MR) is 69.1 cm³/mol. The maximum absolute atomic E-state index is 5.67. The Balaban J connectivity index is 2.10. The fourth-order valence-corrected chi connectivity index (χ4v) is 1.69. The molecule has 0 amide bonds. The maximum Gasteiger partial charge on any atom is 0.264 e. The Hall–Kier alpha value is -2.08. The quantitative estimate of drug-likeness (QED) is 0.855. The molecule has 0 atom stereocenters. The van der Waals surface area contributed by atoms with Gasteiger partial charge in [-0.15, -0.1) is 0 Å². The first-order valence-electron chi connectivity index (χ1n) is 5.96. The number of nitrogens with zero attached hydrogens (tertiary/aromatic N) is 2. The molecular weight excluding hydrogens is 246 g/mol. The summed E-state index contributed by atoms with van der Waals surface area (Å²) in [5, 5.41) is 6.80. The zero-order valence-corrected chi connectivity index (χ0v) is 11.3. The minimum atomic E-state index is 0.222. The van der Waals surface area contributed by atoms with Gasteiger partial charge in [0.2, 0.25) is 0 Å². The van der Waals surface area contributed by atoms with Crippen LogP contribution in [-0.2, 0) is 13.2 Å². The summed E-state index contributed by atoms with van der Waals surface area (Å²) in [5.74, 6) is 2.37. The van der Waals surface area contributed by atoms with Crippen molar-refractivity contribution in [2.75, 3.05) is 14.2 Å². The molecule has 19 heavy (non-hydrogen) atoms. The largest absolute Gasteiger partial charge is 0.493 e. The molecule has 1 aromatic carbocycles. The average molecular weight is 263 g/mol. The van der Waals surface area contributed by atoms with E-state index in [0.717, 1.165) is 12.1 Å². The molecule has 0 radical (unpaired) electrons. The molecule has 102 valence electrons. The minimum Gasteiger partial charge on any atom is -0.493 e. The lowest BCUT2D eigenvalue weighted by atomic mass is 10.2. The van der Waals surface area contributed by atoms with E-state index in [1.165, 1.54) is 0 Å². The van der Waals surface area contributed by atoms with Crippen LogP contribution in [0.5, 0.6) is 11.5 Å². The molecule has 2 rings (SSSR count). The molecule has 1 N–H and O–H groups in total. The van der Waals surface area contributed by atoms with Crippen molar-refractivity contribution in [3.05, 3.63) is 35.5 Å². The van der Waals surface area contributed by atoms with Gasteiger partial charge in [0.05, 0.1) is 7.11 Å². The van der Waals surface area contributed by atoms with E-state index in [-0.39, 0.29) is 6.61 Å². The highest BCUT2D eigenvalue weighted by Crippen LogP contribution is 2.28. The van der Waals surface area contributed by atoms with Gasteiger partial charge in [-0.1, -0.05) is 11.2 Å². The highest BCUT2D eigenvalue weighted by Gasteiger charge is 2.09. The molecule has 0 aliphatic carbocycles. The monoisotopic (exact) mass is 263 g/mol. The van der Waals surface area contributed by atoms with Crippen LogP contribution in [-0.4, -0.2) is 24.3 Å². The molecule has 0 unspecified atom stereocenters. The van der Waals surface area contributed by atoms with Crippen molar-refractivity contribution < 1.29 is 14.0 Å². The van der Waals surface area contributed by atoms with Crippen molar-refractivity contribution in [3.8, 4) is 11.5 Å². The number of hydrogen-bond acceptors (Lipinski definition) is 6. The van der Waals surface area contributed by atoms with Gasteiger partial charge in [-0.2, -0.15) is 4.98 Å². The highest BCUT2D eigenvalue weighted by molar-refractivity contribution is 5.42. The van der Waals surface area contributed by atoms with E-state index in [1.54, 1.807) is 14.0 Å². The van der Waals surface area contributed by atoms with E-state index in [0.29, 0.717) is 23.2 Å². The van der Waals surface area contributed by atoms with E-state index < -0.39 is 0 Å². The standard InChI is InChI=1S/C13H17N3O3/c1-9-15-13(19-16-9)8-18-12-6-10(7-14-2)4-5-11(12)17-3/h4-6,14H,7-8H2,1-3H3. The lowest BCUT2D eigenvalue weighted by Gasteiger charge is -2.11. The normalized spacial score (nSPS) is 10.5. The van der Waals surface area contributed by atoms with Crippen LogP contribution in [0.1, 0.15) is 17.3 Å². The number of aromatic nitrogens is 2. The Morgan fingerprint density at radius 2 is 2.16 bits per heavy atom. The predicted octanol–water partition coefficient (Wildman–Crippen LogP) is 1.69. The van der Waals surface area contributed by atoms with E-state index in [2.05, 4.69) is 15.5 Å². The number of nitrogens with one attached hydrogen (secondary N) is 1. The lowest BCUT2D eigenvalue weighted by molar-refractivity contribution is 0.233. The van der Waals surface area contributed by atoms with E-state index in [9.17, 15) is 0 Å². The first-order valence-corrected chi connectivity index (χ1v) is 5.96. The number of rotatable bonds is 6. The summed E-state index contributed by atoms with van der Waals surface area (Å²) in [6.07, 6.45) is 0. The minimum absolute atomic E-state index is 0.222. The molecule has 1 aromatic heterocycles. The third kappa shape index (κ3) is 3.45. The van der Waals surface area contributed by atoms with Crippen molar-refractivity contribution in [1.29, 1.82) is 0 Å². The molecule has 2 aromatic rings. The van der Waals surface area contributed by atoms with Crippen LogP contribution in [0, 0.1) is 6.92 Å². The summed E-state index contributed by atoms with van der Waals surface area (Å²) in [6, 6.07) is 5.79. The van der Waals surface area contributed by atoms with Crippen molar-refractivity contribution in [2.24, 2.45) is 0 Å². The molecule has 0 bridgehead atoms. The van der Waals surface area contributed by atoms with E-state index in [1.807, 2.05) is 25.2 Å². The maximum atomic E-state index is 5.67. The second-order valence-electron chi connectivity index (χ2n) is 4.04. The molecular formula is C13H17N3O3. The van der Waals surface area contributed by atoms with Gasteiger partial charge in [0.1, 0.15) is 0 Å². The molecule has 0 aliphatic heterocycles. The van der Waals surface area contributed by atoms with Crippen LogP contribution in [0.15, 0.2) is 22.7 Å². The number of aryl methyl sites for hydroxylation is 1. The fourth-order valence-electron chi connectivity index (χ4n) is 1.69. The zero-order chi connectivity index (χ0) is 13.7. The number of methoxy groups -OCH3 is 1. The fraction of sp³-hybridized carbons (Fsp3) is 0.385. The molecule has 1 heterocycles. The molecule has 0 saturated carbocycles. The van der Waals surface area contributed by atoms with Gasteiger partial charge in [-0.3, -0.25) is 0 Å². The molecule has 0 fully saturated rings. The molecule has 6 heteroatoms. The van der Waals surface area contributed by atoms with Gasteiger partial charge in [0.15, 0.2) is 23.9 Å². The summed E-state index contributed by atoms with van der Waals surface area (Å²) in [7, 11) is 3.50. The van der Waals surface area contributed by atoms with Crippen LogP contribution in [0.25, 0.3) is 0 Å². The Labute approximate surface area is 111 Å². The molecule has 0 aliphatic rings. The van der Waals surface area contributed by atoms with Crippen LogP contribution in [0.2, 0.25) is 0 Å². The van der Waals surface area contributed by atoms with Crippen LogP contribution in [0.4, 0.5) is 0 Å². The van der Waals surface area contributed by atoms with Crippen LogP contribution >= 0.6 is 0 Å². The Bertz CT molecular complexity index is 540. The average Bonchev–Trinajstić information content (AvgIpc) is 2.83. The van der Waals surface area contributed by atoms with Crippen molar-refractivity contribution in [2.45, 2.75) is 20.1 Å². The topological polar surface area (TPSA) is 69.4 Å². The SMILES string of the molecule is CNCc1ccc(OC)c(OCc2nc(C)no2)c1. The summed E-state index contributed by atoms with van der Waals surface area (Å²) in [6.45, 7) is 2.75. The second kappa shape index (κ2) is 6.19. The van der Waals surface area contributed by atoms with Crippen molar-refractivity contribution in [1.82, 2.24) is 15.5 Å². The first-order chi connectivity index (χ1) is 9.22. The Morgan fingerprint density at radius 1 is 1.32 bits per heavy atom. The van der Waals surface area contributed by atoms with Crippen LogP contribution < -0.4 is 14.8 Å². The zero-order valence-electron chi connectivity index (χ0n) is 11.3.